The van der Waals surface area contributed by atoms with Crippen LogP contribution in [-0.4, -0.2) is 32.9 Å². The number of ether oxygens (including phenoxy) is 1. The van der Waals surface area contributed by atoms with Gasteiger partial charge in [0.25, 0.3) is 15.9 Å². The first-order valence-corrected chi connectivity index (χ1v) is 12.5. The monoisotopic (exact) mass is 518 g/mol. The Morgan fingerprint density at radius 1 is 1.03 bits per heavy atom. The number of halogens is 2. The lowest BCUT2D eigenvalue weighted by atomic mass is 10.2. The molecule has 0 spiro atoms. The third-order valence-electron chi connectivity index (χ3n) is 5.29. The number of carbonyl (C=O) groups excluding carboxylic acids is 2. The Bertz CT molecular complexity index is 1310. The first kappa shape index (κ1) is 24.1. The van der Waals surface area contributed by atoms with Gasteiger partial charge >= 0.3 is 5.97 Å². The first-order chi connectivity index (χ1) is 16.3. The third kappa shape index (κ3) is 5.19. The molecule has 4 rings (SSSR count). The van der Waals surface area contributed by atoms with E-state index in [0.717, 1.165) is 5.56 Å². The number of nitrogens with one attached hydrogen (secondary N) is 1. The van der Waals surface area contributed by atoms with Crippen LogP contribution in [0.5, 0.6) is 0 Å². The van der Waals surface area contributed by atoms with E-state index in [2.05, 4.69) is 5.32 Å². The molecule has 1 fully saturated rings. The zero-order chi connectivity index (χ0) is 24.3. The maximum absolute atomic E-state index is 13.8. The van der Waals surface area contributed by atoms with Gasteiger partial charge in [0.15, 0.2) is 0 Å². The summed E-state index contributed by atoms with van der Waals surface area (Å²) >= 11 is 12.3. The predicted octanol–water partition coefficient (Wildman–Crippen LogP) is 4.43. The van der Waals surface area contributed by atoms with E-state index in [1.807, 2.05) is 30.3 Å². The van der Waals surface area contributed by atoms with Crippen molar-refractivity contribution in [3.8, 4) is 0 Å². The summed E-state index contributed by atoms with van der Waals surface area (Å²) in [6, 6.07) is 18.7. The molecule has 0 radical (unpaired) electrons. The predicted molar refractivity (Wildman–Crippen MR) is 130 cm³/mol. The van der Waals surface area contributed by atoms with Crippen molar-refractivity contribution in [1.82, 2.24) is 5.32 Å². The minimum Gasteiger partial charge on any atom is -0.464 e. The lowest BCUT2D eigenvalue weighted by Gasteiger charge is -2.25. The molecule has 176 valence electrons. The van der Waals surface area contributed by atoms with Crippen LogP contribution in [-0.2, 0) is 26.1 Å². The maximum atomic E-state index is 13.8. The van der Waals surface area contributed by atoms with E-state index in [1.165, 1.54) is 22.5 Å². The van der Waals surface area contributed by atoms with E-state index in [9.17, 15) is 18.0 Å². The molecule has 0 aromatic heterocycles. The number of anilines is 1. The molecular formula is C24H20Cl2N2O5S. The highest BCUT2D eigenvalue weighted by molar-refractivity contribution is 7.93. The highest BCUT2D eigenvalue weighted by Crippen LogP contribution is 2.31. The summed E-state index contributed by atoms with van der Waals surface area (Å²) in [6.07, 6.45) is 0.352. The number of sulfonamides is 1. The van der Waals surface area contributed by atoms with Crippen molar-refractivity contribution >= 4 is 50.8 Å². The number of rotatable bonds is 7. The lowest BCUT2D eigenvalue weighted by molar-refractivity contribution is -0.139. The van der Waals surface area contributed by atoms with Gasteiger partial charge in [-0.15, -0.1) is 0 Å². The average molecular weight is 519 g/mol. The molecule has 0 bridgehead atoms. The minimum absolute atomic E-state index is 0.0332. The van der Waals surface area contributed by atoms with Crippen molar-refractivity contribution < 1.29 is 22.7 Å². The number of hydrogen-bond donors (Lipinski definition) is 1. The minimum atomic E-state index is -4.20. The molecule has 10 heteroatoms. The van der Waals surface area contributed by atoms with Crippen molar-refractivity contribution in [3.05, 3.63) is 94.0 Å². The van der Waals surface area contributed by atoms with E-state index < -0.39 is 27.9 Å². The molecule has 1 amide bonds. The van der Waals surface area contributed by atoms with Gasteiger partial charge in [-0.05, 0) is 48.0 Å². The molecule has 0 saturated carbocycles. The molecule has 3 aromatic carbocycles. The molecule has 7 nitrogen and oxygen atoms in total. The zero-order valence-electron chi connectivity index (χ0n) is 17.8. The normalized spacial score (nSPS) is 15.6. The number of esters is 1. The quantitative estimate of drug-likeness (QED) is 0.467. The number of cyclic esters (lactones) is 1. The largest absolute Gasteiger partial charge is 0.464 e. The van der Waals surface area contributed by atoms with Gasteiger partial charge in [-0.2, -0.15) is 0 Å². The SMILES string of the molecule is O=C(N[C@@H]1CCOC1=O)c1ccc(Cl)c(S(=O)(=O)N(Cc2ccccc2)c2ccc(Cl)cc2)c1. The summed E-state index contributed by atoms with van der Waals surface area (Å²) in [7, 11) is -4.20. The van der Waals surface area contributed by atoms with Crippen molar-refractivity contribution in [1.29, 1.82) is 0 Å². The van der Waals surface area contributed by atoms with Crippen LogP contribution in [0.3, 0.4) is 0 Å². The molecule has 1 saturated heterocycles. The Balaban J connectivity index is 1.72. The van der Waals surface area contributed by atoms with Gasteiger partial charge in [-0.1, -0.05) is 53.5 Å². The number of benzene rings is 3. The molecule has 1 heterocycles. The molecule has 1 atom stereocenters. The summed E-state index contributed by atoms with van der Waals surface area (Å²) in [5.41, 5.74) is 1.19. The van der Waals surface area contributed by atoms with E-state index in [0.29, 0.717) is 17.1 Å². The molecule has 34 heavy (non-hydrogen) atoms. The number of hydrogen-bond acceptors (Lipinski definition) is 5. The van der Waals surface area contributed by atoms with Gasteiger partial charge in [0, 0.05) is 17.0 Å². The second-order valence-electron chi connectivity index (χ2n) is 7.60. The van der Waals surface area contributed by atoms with Gasteiger partial charge in [0.05, 0.1) is 23.9 Å². The Morgan fingerprint density at radius 2 is 1.74 bits per heavy atom. The molecule has 0 unspecified atom stereocenters. The fraction of sp³-hybridized carbons (Fsp3) is 0.167. The molecule has 1 aliphatic heterocycles. The van der Waals surface area contributed by atoms with Gasteiger partial charge in [0.2, 0.25) is 0 Å². The highest BCUT2D eigenvalue weighted by Gasteiger charge is 2.31. The number of nitrogens with zero attached hydrogens (tertiary/aromatic N) is 1. The lowest BCUT2D eigenvalue weighted by Crippen LogP contribution is -2.38. The van der Waals surface area contributed by atoms with Crippen LogP contribution >= 0.6 is 23.2 Å². The van der Waals surface area contributed by atoms with Crippen LogP contribution in [0.4, 0.5) is 5.69 Å². The van der Waals surface area contributed by atoms with E-state index in [1.54, 1.807) is 24.3 Å². The van der Waals surface area contributed by atoms with Gasteiger partial charge in [0.1, 0.15) is 10.9 Å². The summed E-state index contributed by atoms with van der Waals surface area (Å²) in [4.78, 5) is 24.2. The smallest absolute Gasteiger partial charge is 0.328 e. The Hall–Kier alpha value is -3.07. The summed E-state index contributed by atoms with van der Waals surface area (Å²) < 4.78 is 33.7. The fourth-order valence-corrected chi connectivity index (χ4v) is 5.58. The Labute approximate surface area is 207 Å². The summed E-state index contributed by atoms with van der Waals surface area (Å²) in [6.45, 7) is 0.255. The van der Waals surface area contributed by atoms with E-state index in [4.69, 9.17) is 27.9 Å². The standard InChI is InChI=1S/C24H20Cl2N2O5S/c25-18-7-9-19(10-8-18)28(15-16-4-2-1-3-5-16)34(31,32)22-14-17(6-11-20(22)26)23(29)27-21-12-13-33-24(21)30/h1-11,14,21H,12-13,15H2,(H,27,29)/t21-/m1/s1. The second-order valence-corrected chi connectivity index (χ2v) is 10.3. The van der Waals surface area contributed by atoms with Gasteiger partial charge < -0.3 is 10.1 Å². The molecule has 3 aromatic rings. The van der Waals surface area contributed by atoms with Crippen LogP contribution in [0.15, 0.2) is 77.7 Å². The summed E-state index contributed by atoms with van der Waals surface area (Å²) in [5.74, 6) is -1.12. The fourth-order valence-electron chi connectivity index (χ4n) is 3.50. The first-order valence-electron chi connectivity index (χ1n) is 10.3. The third-order valence-corrected chi connectivity index (χ3v) is 7.79. The van der Waals surface area contributed by atoms with Crippen LogP contribution in [0, 0.1) is 0 Å². The van der Waals surface area contributed by atoms with E-state index >= 15 is 0 Å². The zero-order valence-corrected chi connectivity index (χ0v) is 20.1. The number of carbonyl (C=O) groups is 2. The van der Waals surface area contributed by atoms with Crippen molar-refractivity contribution in [2.75, 3.05) is 10.9 Å². The molecular weight excluding hydrogens is 499 g/mol. The van der Waals surface area contributed by atoms with Crippen LogP contribution in [0.2, 0.25) is 10.0 Å². The maximum Gasteiger partial charge on any atom is 0.328 e. The Kier molecular flexibility index (Phi) is 7.11. The van der Waals surface area contributed by atoms with Crippen LogP contribution in [0.1, 0.15) is 22.3 Å². The average Bonchev–Trinajstić information content (AvgIpc) is 3.23. The Morgan fingerprint density at radius 3 is 2.38 bits per heavy atom. The molecule has 1 N–H and O–H groups in total. The topological polar surface area (TPSA) is 92.8 Å². The van der Waals surface area contributed by atoms with Crippen LogP contribution in [0.25, 0.3) is 0 Å². The van der Waals surface area contributed by atoms with E-state index in [-0.39, 0.29) is 28.6 Å². The number of amides is 1. The second kappa shape index (κ2) is 10.0. The van der Waals surface area contributed by atoms with Gasteiger partial charge in [-0.25, -0.2) is 13.2 Å². The van der Waals surface area contributed by atoms with Crippen molar-refractivity contribution in [2.24, 2.45) is 0 Å². The molecule has 1 aliphatic rings. The summed E-state index contributed by atoms with van der Waals surface area (Å²) in [5, 5.41) is 2.99. The van der Waals surface area contributed by atoms with Crippen LogP contribution < -0.4 is 9.62 Å². The highest BCUT2D eigenvalue weighted by atomic mass is 35.5. The van der Waals surface area contributed by atoms with Crippen molar-refractivity contribution in [3.63, 3.8) is 0 Å². The van der Waals surface area contributed by atoms with Gasteiger partial charge in [-0.3, -0.25) is 9.10 Å². The molecule has 0 aliphatic carbocycles. The van der Waals surface area contributed by atoms with Crippen molar-refractivity contribution in [2.45, 2.75) is 23.9 Å².